The number of amides is 3. The molecule has 8 nitrogen and oxygen atoms in total. The number of carbonyl (C=O) groups excluding carboxylic acids is 3. The molecule has 0 aromatic heterocycles. The highest BCUT2D eigenvalue weighted by molar-refractivity contribution is 7.82. The normalized spacial score (nSPS) is 26.0. The second kappa shape index (κ2) is 11.8. The molecule has 4 fully saturated rings. The maximum atomic E-state index is 14.2. The van der Waals surface area contributed by atoms with Crippen LogP contribution in [0.1, 0.15) is 44.1 Å². The van der Waals surface area contributed by atoms with Gasteiger partial charge in [0.2, 0.25) is 17.7 Å². The van der Waals surface area contributed by atoms with Crippen molar-refractivity contribution in [2.24, 2.45) is 5.92 Å². The quantitative estimate of drug-likeness (QED) is 0.464. The molecule has 4 aliphatic rings. The van der Waals surface area contributed by atoms with Gasteiger partial charge in [0.15, 0.2) is 0 Å². The first kappa shape index (κ1) is 28.9. The van der Waals surface area contributed by atoms with Crippen molar-refractivity contribution in [3.8, 4) is 0 Å². The summed E-state index contributed by atoms with van der Waals surface area (Å²) in [4.78, 5) is 44.8. The summed E-state index contributed by atoms with van der Waals surface area (Å²) in [5, 5.41) is 4.10. The Kier molecular flexibility index (Phi) is 8.35. The summed E-state index contributed by atoms with van der Waals surface area (Å²) in [6.45, 7) is 0.250. The summed E-state index contributed by atoms with van der Waals surface area (Å²) in [5.41, 5.74) is 0.810. The van der Waals surface area contributed by atoms with Gasteiger partial charge < -0.3 is 15.1 Å². The Labute approximate surface area is 256 Å². The van der Waals surface area contributed by atoms with E-state index in [0.717, 1.165) is 37.7 Å². The van der Waals surface area contributed by atoms with E-state index < -0.39 is 29.2 Å². The molecule has 12 heteroatoms. The number of carbonyl (C=O) groups is 3. The molecule has 4 atom stereocenters. The molecule has 2 heterocycles. The van der Waals surface area contributed by atoms with Crippen LogP contribution in [-0.2, 0) is 31.8 Å². The Morgan fingerprint density at radius 1 is 0.951 bits per heavy atom. The van der Waals surface area contributed by atoms with Crippen LogP contribution in [0.15, 0.2) is 47.4 Å². The molecule has 1 N–H and O–H groups in total. The molecule has 0 bridgehead atoms. The van der Waals surface area contributed by atoms with E-state index in [0.29, 0.717) is 27.3 Å². The van der Waals surface area contributed by atoms with E-state index >= 15 is 0 Å². The lowest BCUT2D eigenvalue weighted by Gasteiger charge is -2.53. The van der Waals surface area contributed by atoms with Gasteiger partial charge in [-0.1, -0.05) is 53.4 Å². The Balaban J connectivity index is 1.37. The van der Waals surface area contributed by atoms with Crippen molar-refractivity contribution in [1.82, 2.24) is 19.4 Å². The molecule has 2 aliphatic carbocycles. The highest BCUT2D eigenvalue weighted by Gasteiger charge is 2.54. The van der Waals surface area contributed by atoms with Crippen molar-refractivity contribution in [3.63, 3.8) is 0 Å². The molecule has 3 amide bonds. The average molecular weight is 638 g/mol. The second-order valence-corrected chi connectivity index (χ2v) is 14.0. The van der Waals surface area contributed by atoms with Gasteiger partial charge in [0.25, 0.3) is 0 Å². The smallest absolute Gasteiger partial charge is 0.248 e. The van der Waals surface area contributed by atoms with Crippen LogP contribution < -0.4 is 5.32 Å². The van der Waals surface area contributed by atoms with Gasteiger partial charge in [-0.2, -0.15) is 4.31 Å². The fourth-order valence-electron chi connectivity index (χ4n) is 5.99. The van der Waals surface area contributed by atoms with E-state index in [1.807, 2.05) is 17.0 Å². The molecular weight excluding hydrogens is 607 g/mol. The Hall–Kier alpha value is -2.17. The third-order valence-corrected chi connectivity index (χ3v) is 10.9. The van der Waals surface area contributed by atoms with Gasteiger partial charge in [-0.3, -0.25) is 14.4 Å². The van der Waals surface area contributed by atoms with Gasteiger partial charge >= 0.3 is 0 Å². The minimum absolute atomic E-state index is 0.0263. The summed E-state index contributed by atoms with van der Waals surface area (Å²) in [7, 11) is -1.81. The van der Waals surface area contributed by atoms with Crippen LogP contribution >= 0.6 is 34.8 Å². The zero-order chi connectivity index (χ0) is 28.8. The van der Waals surface area contributed by atoms with Gasteiger partial charge in [-0.15, -0.1) is 0 Å². The lowest BCUT2D eigenvalue weighted by Crippen LogP contribution is -2.75. The number of nitrogens with one attached hydrogen (secondary N) is 1. The molecule has 2 aromatic rings. The highest BCUT2D eigenvalue weighted by atomic mass is 35.5. The van der Waals surface area contributed by atoms with E-state index in [1.165, 1.54) is 6.07 Å². The summed E-state index contributed by atoms with van der Waals surface area (Å²) in [6.07, 6.45) is 4.81. The highest BCUT2D eigenvalue weighted by Crippen LogP contribution is 2.37. The van der Waals surface area contributed by atoms with Crippen molar-refractivity contribution in [1.29, 1.82) is 0 Å². The monoisotopic (exact) mass is 636 g/mol. The Morgan fingerprint density at radius 2 is 1.71 bits per heavy atom. The van der Waals surface area contributed by atoms with Crippen molar-refractivity contribution in [2.45, 2.75) is 74.1 Å². The number of halogens is 3. The zero-order valence-corrected chi connectivity index (χ0v) is 25.4. The summed E-state index contributed by atoms with van der Waals surface area (Å²) in [6, 6.07) is 10.3. The standard InChI is InChI=1S/C29H31Cl3N4O4S/c30-19-6-2-5-18(11-19)12-24-29(39)34(21-8-9-21)16-27-35(41(40)25-10-7-20(31)14-22(25)32)15-23(28(38)36(24)27)33-26(37)13-17-3-1-4-17/h2,5-7,10-11,14,17,21,23-24,27H,1,3-4,8-9,12-13,15-16H2,(H,33,37). The number of hydrogen-bond acceptors (Lipinski definition) is 4. The van der Waals surface area contributed by atoms with Gasteiger partial charge in [0.05, 0.1) is 16.5 Å². The minimum Gasteiger partial charge on any atom is -0.343 e. The molecule has 2 saturated carbocycles. The lowest BCUT2D eigenvalue weighted by molar-refractivity contribution is -0.168. The van der Waals surface area contributed by atoms with Crippen molar-refractivity contribution >= 4 is 63.5 Å². The van der Waals surface area contributed by atoms with Crippen molar-refractivity contribution in [2.75, 3.05) is 13.1 Å². The maximum Gasteiger partial charge on any atom is 0.248 e. The van der Waals surface area contributed by atoms with E-state index in [4.69, 9.17) is 34.8 Å². The topological polar surface area (TPSA) is 90.0 Å². The number of fused-ring (bicyclic) bond motifs is 1. The van der Waals surface area contributed by atoms with Gasteiger partial charge in [-0.25, -0.2) is 4.21 Å². The maximum absolute atomic E-state index is 14.2. The average Bonchev–Trinajstić information content (AvgIpc) is 3.74. The van der Waals surface area contributed by atoms with Crippen LogP contribution in [0.2, 0.25) is 15.1 Å². The SMILES string of the molecule is O=C(CC1CCC1)NC1CN(S(=O)c2ccc(Cl)cc2Cl)C2CN(C3CC3)C(=O)C(Cc3cccc(Cl)c3)N2C1=O. The van der Waals surface area contributed by atoms with Crippen LogP contribution in [-0.4, -0.2) is 73.4 Å². The van der Waals surface area contributed by atoms with Gasteiger partial charge in [-0.05, 0) is 67.5 Å². The Morgan fingerprint density at radius 3 is 2.37 bits per heavy atom. The fourth-order valence-corrected chi connectivity index (χ4v) is 8.15. The van der Waals surface area contributed by atoms with Gasteiger partial charge in [0.1, 0.15) is 29.2 Å². The molecule has 0 radical (unpaired) electrons. The fraction of sp³-hybridized carbons (Fsp3) is 0.483. The van der Waals surface area contributed by atoms with E-state index in [9.17, 15) is 18.6 Å². The molecule has 218 valence electrons. The molecule has 2 aromatic carbocycles. The third kappa shape index (κ3) is 6.02. The number of piperazine rings is 1. The summed E-state index contributed by atoms with van der Waals surface area (Å²) >= 11 is 18.8. The molecule has 4 unspecified atom stereocenters. The predicted octanol–water partition coefficient (Wildman–Crippen LogP) is 4.43. The van der Waals surface area contributed by atoms with Crippen molar-refractivity contribution < 1.29 is 18.6 Å². The lowest BCUT2D eigenvalue weighted by atomic mass is 9.83. The summed E-state index contributed by atoms with van der Waals surface area (Å²) in [5.74, 6) is -0.383. The third-order valence-electron chi connectivity index (χ3n) is 8.47. The van der Waals surface area contributed by atoms with E-state index in [-0.39, 0.29) is 48.3 Å². The number of benzene rings is 2. The molecule has 2 aliphatic heterocycles. The van der Waals surface area contributed by atoms with Crippen molar-refractivity contribution in [3.05, 3.63) is 63.1 Å². The predicted molar refractivity (Wildman–Crippen MR) is 158 cm³/mol. The minimum atomic E-state index is -1.81. The second-order valence-electron chi connectivity index (χ2n) is 11.3. The summed E-state index contributed by atoms with van der Waals surface area (Å²) < 4.78 is 15.9. The van der Waals surface area contributed by atoms with Gasteiger partial charge in [0, 0.05) is 35.5 Å². The van der Waals surface area contributed by atoms with Crippen LogP contribution in [0.5, 0.6) is 0 Å². The van der Waals surface area contributed by atoms with E-state index in [2.05, 4.69) is 5.32 Å². The Bertz CT molecular complexity index is 1400. The number of rotatable bonds is 8. The van der Waals surface area contributed by atoms with Crippen LogP contribution in [0.25, 0.3) is 0 Å². The van der Waals surface area contributed by atoms with Crippen LogP contribution in [0.3, 0.4) is 0 Å². The first-order valence-corrected chi connectivity index (χ1v) is 16.2. The number of hydrogen-bond donors (Lipinski definition) is 1. The van der Waals surface area contributed by atoms with Crippen LogP contribution in [0.4, 0.5) is 0 Å². The molecule has 2 saturated heterocycles. The first-order chi connectivity index (χ1) is 19.7. The largest absolute Gasteiger partial charge is 0.343 e. The molecule has 6 rings (SSSR count). The van der Waals surface area contributed by atoms with Crippen LogP contribution in [0, 0.1) is 5.92 Å². The molecular formula is C29H31Cl3N4O4S. The zero-order valence-electron chi connectivity index (χ0n) is 22.3. The molecule has 41 heavy (non-hydrogen) atoms. The first-order valence-electron chi connectivity index (χ1n) is 14.0. The van der Waals surface area contributed by atoms with E-state index in [1.54, 1.807) is 33.5 Å². The molecule has 0 spiro atoms. The number of nitrogens with zero attached hydrogens (tertiary/aromatic N) is 3.